The van der Waals surface area contributed by atoms with Crippen molar-refractivity contribution in [3.05, 3.63) is 53.6 Å². The molecule has 9 heteroatoms. The molecule has 0 saturated carbocycles. The fourth-order valence-corrected chi connectivity index (χ4v) is 4.52. The fraction of sp³-hybridized carbons (Fsp3) is 0.440. The summed E-state index contributed by atoms with van der Waals surface area (Å²) in [5.41, 5.74) is 2.31. The van der Waals surface area contributed by atoms with Gasteiger partial charge >= 0.3 is 0 Å². The number of rotatable bonds is 7. The van der Waals surface area contributed by atoms with Crippen LogP contribution in [0, 0.1) is 5.82 Å². The van der Waals surface area contributed by atoms with Crippen molar-refractivity contribution < 1.29 is 18.6 Å². The van der Waals surface area contributed by atoms with Crippen molar-refractivity contribution in [1.29, 1.82) is 0 Å². The molecule has 0 unspecified atom stereocenters. The molecule has 1 aromatic carbocycles. The number of piperidine rings is 1. The molecule has 0 radical (unpaired) electrons. The minimum Gasteiger partial charge on any atom is -0.486 e. The average molecular weight is 489 g/mol. The van der Waals surface area contributed by atoms with E-state index in [9.17, 15) is 4.39 Å². The molecule has 0 atom stereocenters. The molecule has 7 nitrogen and oxygen atoms in total. The first kappa shape index (κ1) is 24.4. The molecule has 1 fully saturated rings. The maximum atomic E-state index is 14.6. The van der Waals surface area contributed by atoms with Crippen LogP contribution in [0.25, 0.3) is 10.9 Å². The van der Waals surface area contributed by atoms with E-state index in [0.717, 1.165) is 55.1 Å². The molecule has 0 aliphatic carbocycles. The summed E-state index contributed by atoms with van der Waals surface area (Å²) in [5, 5.41) is 4.55. The second kappa shape index (κ2) is 11.2. The second-order valence-electron chi connectivity index (χ2n) is 8.52. The molecular weight excluding hydrogens is 459 g/mol. The monoisotopic (exact) mass is 488 g/mol. The van der Waals surface area contributed by atoms with E-state index in [2.05, 4.69) is 20.2 Å². The Morgan fingerprint density at radius 1 is 1.12 bits per heavy atom. The number of nitrogens with zero attached hydrogens (tertiary/aromatic N) is 3. The van der Waals surface area contributed by atoms with Crippen LogP contribution in [-0.2, 0) is 13.0 Å². The van der Waals surface area contributed by atoms with Crippen LogP contribution in [0.5, 0.6) is 17.4 Å². The standard InChI is InChI=1S/C25H29FN4O3.ClH/c1-31-24-5-3-17-2-4-21(26)20(25(17)29-24)8-11-30-9-6-18(7-10-30)27-15-19-14-22-23(16-28-19)33-13-12-32-22;/h2-5,14,16,18,27H,6-13,15H2,1H3;1H. The van der Waals surface area contributed by atoms with E-state index in [1.807, 2.05) is 18.2 Å². The highest BCUT2D eigenvalue weighted by molar-refractivity contribution is 5.85. The Balaban J connectivity index is 0.00000274. The fourth-order valence-electron chi connectivity index (χ4n) is 4.52. The van der Waals surface area contributed by atoms with E-state index in [1.54, 1.807) is 19.4 Å². The third-order valence-corrected chi connectivity index (χ3v) is 6.42. The molecule has 5 rings (SSSR count). The van der Waals surface area contributed by atoms with Crippen molar-refractivity contribution in [2.45, 2.75) is 31.8 Å². The van der Waals surface area contributed by atoms with Crippen molar-refractivity contribution in [1.82, 2.24) is 20.2 Å². The van der Waals surface area contributed by atoms with Gasteiger partial charge in [-0.3, -0.25) is 4.98 Å². The lowest BCUT2D eigenvalue weighted by Gasteiger charge is -2.32. The Labute approximate surface area is 205 Å². The van der Waals surface area contributed by atoms with Crippen molar-refractivity contribution in [3.63, 3.8) is 0 Å². The van der Waals surface area contributed by atoms with E-state index >= 15 is 0 Å². The van der Waals surface area contributed by atoms with Crippen molar-refractivity contribution in [3.8, 4) is 17.4 Å². The van der Waals surface area contributed by atoms with Gasteiger partial charge in [-0.1, -0.05) is 0 Å². The average Bonchev–Trinajstić information content (AvgIpc) is 2.87. The lowest BCUT2D eigenvalue weighted by atomic mass is 10.0. The lowest BCUT2D eigenvalue weighted by molar-refractivity contribution is 0.170. The topological polar surface area (TPSA) is 68.7 Å². The van der Waals surface area contributed by atoms with Gasteiger partial charge in [-0.25, -0.2) is 9.37 Å². The number of likely N-dealkylation sites (tertiary alicyclic amines) is 1. The van der Waals surface area contributed by atoms with E-state index < -0.39 is 0 Å². The zero-order chi connectivity index (χ0) is 22.6. The molecule has 2 aromatic heterocycles. The molecule has 34 heavy (non-hydrogen) atoms. The van der Waals surface area contributed by atoms with E-state index in [1.165, 1.54) is 6.07 Å². The number of fused-ring (bicyclic) bond motifs is 2. The maximum Gasteiger partial charge on any atom is 0.213 e. The van der Waals surface area contributed by atoms with Gasteiger partial charge < -0.3 is 24.4 Å². The Kier molecular flexibility index (Phi) is 8.03. The summed E-state index contributed by atoms with van der Waals surface area (Å²) in [6.07, 6.45) is 4.47. The van der Waals surface area contributed by atoms with Crippen LogP contribution in [0.3, 0.4) is 0 Å². The molecule has 1 saturated heterocycles. The Morgan fingerprint density at radius 2 is 1.88 bits per heavy atom. The predicted molar refractivity (Wildman–Crippen MR) is 131 cm³/mol. The van der Waals surface area contributed by atoms with Gasteiger partial charge in [0.05, 0.1) is 24.5 Å². The number of hydrogen-bond acceptors (Lipinski definition) is 7. The summed E-state index contributed by atoms with van der Waals surface area (Å²) in [5.74, 6) is 1.80. The summed E-state index contributed by atoms with van der Waals surface area (Å²) < 4.78 is 31.0. The first-order valence-electron chi connectivity index (χ1n) is 11.5. The van der Waals surface area contributed by atoms with Crippen molar-refractivity contribution >= 4 is 23.3 Å². The number of methoxy groups -OCH3 is 1. The molecule has 182 valence electrons. The van der Waals surface area contributed by atoms with Gasteiger partial charge in [0.15, 0.2) is 11.5 Å². The second-order valence-corrected chi connectivity index (χ2v) is 8.52. The van der Waals surface area contributed by atoms with Crippen molar-refractivity contribution in [2.24, 2.45) is 0 Å². The molecule has 1 N–H and O–H groups in total. The number of ether oxygens (including phenoxy) is 3. The molecule has 3 aromatic rings. The minimum absolute atomic E-state index is 0. The third kappa shape index (κ3) is 5.51. The molecule has 2 aliphatic rings. The van der Waals surface area contributed by atoms with Crippen molar-refractivity contribution in [2.75, 3.05) is 40.0 Å². The van der Waals surface area contributed by atoms with E-state index in [4.69, 9.17) is 14.2 Å². The van der Waals surface area contributed by atoms with Crippen LogP contribution in [0.4, 0.5) is 4.39 Å². The molecule has 0 bridgehead atoms. The first-order chi connectivity index (χ1) is 16.2. The van der Waals surface area contributed by atoms with Crippen LogP contribution in [0.2, 0.25) is 0 Å². The molecular formula is C25H30ClFN4O3. The van der Waals surface area contributed by atoms with E-state index in [-0.39, 0.29) is 18.2 Å². The van der Waals surface area contributed by atoms with Gasteiger partial charge in [0, 0.05) is 42.2 Å². The number of pyridine rings is 2. The van der Waals surface area contributed by atoms with Crippen LogP contribution in [-0.4, -0.2) is 60.9 Å². The van der Waals surface area contributed by atoms with Gasteiger partial charge in [-0.2, -0.15) is 0 Å². The summed E-state index contributed by atoms with van der Waals surface area (Å²) >= 11 is 0. The smallest absolute Gasteiger partial charge is 0.213 e. The number of halogens is 2. The summed E-state index contributed by atoms with van der Waals surface area (Å²) in [6, 6.07) is 9.44. The van der Waals surface area contributed by atoms with Gasteiger partial charge in [0.2, 0.25) is 5.88 Å². The molecule has 0 amide bonds. The lowest BCUT2D eigenvalue weighted by Crippen LogP contribution is -2.43. The molecule has 0 spiro atoms. The highest BCUT2D eigenvalue weighted by atomic mass is 35.5. The van der Waals surface area contributed by atoms with E-state index in [0.29, 0.717) is 49.2 Å². The van der Waals surface area contributed by atoms with Gasteiger partial charge in [0.1, 0.15) is 19.0 Å². The highest BCUT2D eigenvalue weighted by Gasteiger charge is 2.20. The predicted octanol–water partition coefficient (Wildman–Crippen LogP) is 3.77. The SMILES string of the molecule is COc1ccc2ccc(F)c(CCN3CCC(NCc4cc5c(cn4)OCCO5)CC3)c2n1.Cl. The normalized spacial score (nSPS) is 16.3. The highest BCUT2D eigenvalue weighted by Crippen LogP contribution is 2.29. The van der Waals surface area contributed by atoms with Crippen LogP contribution < -0.4 is 19.5 Å². The molecule has 4 heterocycles. The van der Waals surface area contributed by atoms with Gasteiger partial charge in [-0.15, -0.1) is 12.4 Å². The third-order valence-electron chi connectivity index (χ3n) is 6.42. The van der Waals surface area contributed by atoms with Crippen LogP contribution in [0.15, 0.2) is 36.5 Å². The number of benzene rings is 1. The largest absolute Gasteiger partial charge is 0.486 e. The Hall–Kier alpha value is -2.68. The number of hydrogen-bond donors (Lipinski definition) is 1. The molecule has 2 aliphatic heterocycles. The summed E-state index contributed by atoms with van der Waals surface area (Å²) in [6.45, 7) is 4.63. The zero-order valence-electron chi connectivity index (χ0n) is 19.3. The quantitative estimate of drug-likeness (QED) is 0.543. The zero-order valence-corrected chi connectivity index (χ0v) is 20.1. The summed E-state index contributed by atoms with van der Waals surface area (Å²) in [7, 11) is 1.58. The van der Waals surface area contributed by atoms with Crippen LogP contribution >= 0.6 is 12.4 Å². The Bertz CT molecular complexity index is 1120. The number of aromatic nitrogens is 2. The minimum atomic E-state index is -0.202. The maximum absolute atomic E-state index is 14.6. The van der Waals surface area contributed by atoms with Crippen LogP contribution in [0.1, 0.15) is 24.1 Å². The number of nitrogens with one attached hydrogen (secondary N) is 1. The van der Waals surface area contributed by atoms with Gasteiger partial charge in [0.25, 0.3) is 0 Å². The summed E-state index contributed by atoms with van der Waals surface area (Å²) in [4.78, 5) is 11.4. The first-order valence-corrected chi connectivity index (χ1v) is 11.5. The van der Waals surface area contributed by atoms with Gasteiger partial charge in [-0.05, 0) is 50.6 Å². The Morgan fingerprint density at radius 3 is 2.68 bits per heavy atom.